The molecule has 4 aromatic rings. The first-order valence-electron chi connectivity index (χ1n) is 11.6. The summed E-state index contributed by atoms with van der Waals surface area (Å²) in [5.74, 6) is 0.429. The van der Waals surface area contributed by atoms with Crippen LogP contribution in [-0.2, 0) is 6.54 Å². The van der Waals surface area contributed by atoms with Crippen LogP contribution in [0.5, 0.6) is 0 Å². The Balaban J connectivity index is 1.25. The standard InChI is InChI=1S/C27H25FN6OS/c1-16-4-5-17(11-22(16)28)13-32-27(35)20-3-2-10-30-26(20)31-14-19-7-9-24(36-19)18-6-8-23-21(12-18)25(29)34-15-33-23/h2-3,5-12,15-16H,4,13-14H2,1H3,(H,30,31)(H,32,35)(H2,29,33,34). The highest BCUT2D eigenvalue weighted by Crippen LogP contribution is 2.31. The molecule has 0 fully saturated rings. The third kappa shape index (κ3) is 5.11. The highest BCUT2D eigenvalue weighted by molar-refractivity contribution is 7.15. The molecule has 182 valence electrons. The van der Waals surface area contributed by atoms with Crippen LogP contribution in [0.4, 0.5) is 16.0 Å². The minimum atomic E-state index is -0.262. The van der Waals surface area contributed by atoms with Crippen LogP contribution in [0.3, 0.4) is 0 Å². The molecule has 0 radical (unpaired) electrons. The summed E-state index contributed by atoms with van der Waals surface area (Å²) in [6, 6.07) is 13.5. The first-order valence-corrected chi connectivity index (χ1v) is 12.4. The Hall–Kier alpha value is -4.11. The summed E-state index contributed by atoms with van der Waals surface area (Å²) in [5.41, 5.74) is 9.07. The van der Waals surface area contributed by atoms with Gasteiger partial charge in [-0.25, -0.2) is 19.3 Å². The number of anilines is 2. The number of rotatable bonds is 7. The molecule has 1 unspecified atom stereocenters. The number of nitrogens with zero attached hydrogens (tertiary/aromatic N) is 3. The van der Waals surface area contributed by atoms with Crippen LogP contribution in [0.25, 0.3) is 21.3 Å². The number of allylic oxidation sites excluding steroid dienone is 2. The molecule has 1 atom stereocenters. The molecule has 0 spiro atoms. The summed E-state index contributed by atoms with van der Waals surface area (Å²) in [7, 11) is 0. The van der Waals surface area contributed by atoms with E-state index in [0.29, 0.717) is 30.2 Å². The van der Waals surface area contributed by atoms with Crippen molar-refractivity contribution < 1.29 is 9.18 Å². The zero-order valence-electron chi connectivity index (χ0n) is 19.7. The van der Waals surface area contributed by atoms with Gasteiger partial charge in [-0.05, 0) is 60.0 Å². The molecule has 5 rings (SSSR count). The van der Waals surface area contributed by atoms with Crippen LogP contribution in [0.1, 0.15) is 28.6 Å². The molecular weight excluding hydrogens is 475 g/mol. The largest absolute Gasteiger partial charge is 0.383 e. The zero-order chi connectivity index (χ0) is 25.1. The lowest BCUT2D eigenvalue weighted by Crippen LogP contribution is -2.27. The predicted molar refractivity (Wildman–Crippen MR) is 142 cm³/mol. The molecule has 3 heterocycles. The number of benzene rings is 1. The van der Waals surface area contributed by atoms with Gasteiger partial charge in [-0.15, -0.1) is 11.3 Å². The van der Waals surface area contributed by atoms with Crippen LogP contribution in [-0.4, -0.2) is 27.4 Å². The van der Waals surface area contributed by atoms with E-state index in [9.17, 15) is 9.18 Å². The van der Waals surface area contributed by atoms with Gasteiger partial charge in [0.25, 0.3) is 5.91 Å². The van der Waals surface area contributed by atoms with Crippen molar-refractivity contribution >= 4 is 39.8 Å². The quantitative estimate of drug-likeness (QED) is 0.310. The number of amides is 1. The van der Waals surface area contributed by atoms with Crippen LogP contribution < -0.4 is 16.4 Å². The smallest absolute Gasteiger partial charge is 0.255 e. The van der Waals surface area contributed by atoms with Crippen molar-refractivity contribution in [3.8, 4) is 10.4 Å². The Morgan fingerprint density at radius 2 is 2.06 bits per heavy atom. The molecule has 1 amide bonds. The maximum Gasteiger partial charge on any atom is 0.255 e. The minimum Gasteiger partial charge on any atom is -0.383 e. The van der Waals surface area contributed by atoms with Gasteiger partial charge in [0, 0.05) is 33.8 Å². The van der Waals surface area contributed by atoms with Gasteiger partial charge >= 0.3 is 0 Å². The molecule has 0 saturated carbocycles. The number of hydrogen-bond donors (Lipinski definition) is 3. The van der Waals surface area contributed by atoms with E-state index in [1.54, 1.807) is 29.7 Å². The molecule has 4 N–H and O–H groups in total. The summed E-state index contributed by atoms with van der Waals surface area (Å²) < 4.78 is 13.9. The monoisotopic (exact) mass is 500 g/mol. The van der Waals surface area contributed by atoms with Crippen LogP contribution in [0.2, 0.25) is 0 Å². The molecule has 9 heteroatoms. The third-order valence-corrected chi connectivity index (χ3v) is 7.21. The molecule has 1 aliphatic carbocycles. The van der Waals surface area contributed by atoms with E-state index in [0.717, 1.165) is 31.8 Å². The lowest BCUT2D eigenvalue weighted by Gasteiger charge is -2.15. The minimum absolute atomic E-state index is 0.107. The van der Waals surface area contributed by atoms with Gasteiger partial charge in [0.15, 0.2) is 0 Å². The van der Waals surface area contributed by atoms with E-state index in [-0.39, 0.29) is 24.2 Å². The maximum absolute atomic E-state index is 13.9. The SMILES string of the molecule is CC1CC=C(CNC(=O)c2cccnc2NCc2ccc(-c3ccc4ncnc(N)c4c3)s2)C=C1F. The Kier molecular flexibility index (Phi) is 6.73. The van der Waals surface area contributed by atoms with Crippen molar-refractivity contribution in [2.75, 3.05) is 17.6 Å². The second-order valence-corrected chi connectivity index (χ2v) is 9.81. The van der Waals surface area contributed by atoms with Gasteiger partial charge in [-0.3, -0.25) is 4.79 Å². The van der Waals surface area contributed by atoms with Gasteiger partial charge in [-0.1, -0.05) is 19.1 Å². The van der Waals surface area contributed by atoms with Crippen molar-refractivity contribution in [1.82, 2.24) is 20.3 Å². The van der Waals surface area contributed by atoms with Crippen LogP contribution in [0, 0.1) is 5.92 Å². The Labute approximate surface area is 212 Å². The number of fused-ring (bicyclic) bond motifs is 1. The van der Waals surface area contributed by atoms with Gasteiger partial charge in [0.2, 0.25) is 0 Å². The van der Waals surface area contributed by atoms with E-state index >= 15 is 0 Å². The zero-order valence-corrected chi connectivity index (χ0v) is 20.5. The highest BCUT2D eigenvalue weighted by Gasteiger charge is 2.16. The summed E-state index contributed by atoms with van der Waals surface area (Å²) in [5, 5.41) is 6.97. The first kappa shape index (κ1) is 23.6. The number of hydrogen-bond acceptors (Lipinski definition) is 7. The number of carbonyl (C=O) groups is 1. The number of aromatic nitrogens is 3. The summed E-state index contributed by atoms with van der Waals surface area (Å²) in [6.07, 6.45) is 7.20. The van der Waals surface area contributed by atoms with E-state index in [1.165, 1.54) is 12.4 Å². The number of halogens is 1. The molecule has 0 aliphatic heterocycles. The lowest BCUT2D eigenvalue weighted by molar-refractivity contribution is 0.0957. The number of thiophene rings is 1. The fourth-order valence-electron chi connectivity index (χ4n) is 3.98. The average Bonchev–Trinajstić information content (AvgIpc) is 3.37. The summed E-state index contributed by atoms with van der Waals surface area (Å²) in [4.78, 5) is 27.7. The Bertz CT molecular complexity index is 1490. The highest BCUT2D eigenvalue weighted by atomic mass is 32.1. The Morgan fingerprint density at radius 3 is 2.92 bits per heavy atom. The normalized spacial score (nSPS) is 15.3. The molecule has 1 aliphatic rings. The number of nitrogens with one attached hydrogen (secondary N) is 2. The lowest BCUT2D eigenvalue weighted by atomic mass is 9.97. The third-order valence-electron chi connectivity index (χ3n) is 6.08. The summed E-state index contributed by atoms with van der Waals surface area (Å²) in [6.45, 7) is 2.62. The Morgan fingerprint density at radius 1 is 1.17 bits per heavy atom. The second kappa shape index (κ2) is 10.2. The second-order valence-electron chi connectivity index (χ2n) is 8.64. The van der Waals surface area contributed by atoms with Crippen molar-refractivity contribution in [2.45, 2.75) is 19.9 Å². The van der Waals surface area contributed by atoms with E-state index < -0.39 is 0 Å². The van der Waals surface area contributed by atoms with E-state index in [2.05, 4.69) is 31.7 Å². The van der Waals surface area contributed by atoms with E-state index in [1.807, 2.05) is 37.3 Å². The fourth-order valence-corrected chi connectivity index (χ4v) is 4.92. The van der Waals surface area contributed by atoms with Crippen molar-refractivity contribution in [2.24, 2.45) is 5.92 Å². The van der Waals surface area contributed by atoms with Gasteiger partial charge < -0.3 is 16.4 Å². The van der Waals surface area contributed by atoms with Crippen molar-refractivity contribution in [1.29, 1.82) is 0 Å². The van der Waals surface area contributed by atoms with Gasteiger partial charge in [-0.2, -0.15) is 0 Å². The number of nitrogens with two attached hydrogens (primary N) is 1. The van der Waals surface area contributed by atoms with Crippen molar-refractivity contribution in [3.05, 3.63) is 89.0 Å². The maximum atomic E-state index is 13.9. The molecule has 0 saturated heterocycles. The number of nitrogen functional groups attached to an aromatic ring is 1. The van der Waals surface area contributed by atoms with Gasteiger partial charge in [0.1, 0.15) is 23.8 Å². The predicted octanol–water partition coefficient (Wildman–Crippen LogP) is 5.50. The summed E-state index contributed by atoms with van der Waals surface area (Å²) >= 11 is 1.64. The molecule has 7 nitrogen and oxygen atoms in total. The average molecular weight is 501 g/mol. The molecule has 1 aromatic carbocycles. The topological polar surface area (TPSA) is 106 Å². The molecular formula is C27H25FN6OS. The number of pyridine rings is 1. The van der Waals surface area contributed by atoms with Crippen LogP contribution in [0.15, 0.2) is 78.5 Å². The first-order chi connectivity index (χ1) is 17.5. The van der Waals surface area contributed by atoms with Gasteiger partial charge in [0.05, 0.1) is 17.6 Å². The fraction of sp³-hybridized carbons (Fsp3) is 0.185. The van der Waals surface area contributed by atoms with Crippen LogP contribution >= 0.6 is 11.3 Å². The molecule has 0 bridgehead atoms. The van der Waals surface area contributed by atoms with Crippen molar-refractivity contribution in [3.63, 3.8) is 0 Å². The number of carbonyl (C=O) groups excluding carboxylic acids is 1. The van der Waals surface area contributed by atoms with E-state index in [4.69, 9.17) is 5.73 Å². The molecule has 36 heavy (non-hydrogen) atoms. The molecule has 3 aromatic heterocycles.